The molecule has 0 unspecified atom stereocenters. The van der Waals surface area contributed by atoms with Gasteiger partial charge in [-0.05, 0) is 54.4 Å². The van der Waals surface area contributed by atoms with Crippen LogP contribution in [0, 0.1) is 0 Å². The largest absolute Gasteiger partial charge is 0.497 e. The van der Waals surface area contributed by atoms with Crippen molar-refractivity contribution in [2.45, 2.75) is 43.9 Å². The van der Waals surface area contributed by atoms with E-state index in [1.165, 1.54) is 19.2 Å². The normalized spacial score (nSPS) is 15.2. The number of hydroxylamine groups is 1. The molecule has 0 saturated carbocycles. The molecule has 1 saturated heterocycles. The third-order valence-corrected chi connectivity index (χ3v) is 5.77. The molecule has 7 nitrogen and oxygen atoms in total. The van der Waals surface area contributed by atoms with Gasteiger partial charge < -0.3 is 14.5 Å². The number of amides is 1. The number of hydrogen-bond donors (Lipinski definition) is 0. The highest BCUT2D eigenvalue weighted by Crippen LogP contribution is 2.21. The van der Waals surface area contributed by atoms with Crippen LogP contribution in [-0.2, 0) is 14.9 Å². The molecule has 1 amide bonds. The lowest BCUT2D eigenvalue weighted by molar-refractivity contribution is -0.0434. The summed E-state index contributed by atoms with van der Waals surface area (Å²) in [5.74, 6) is 0.560. The summed E-state index contributed by atoms with van der Waals surface area (Å²) >= 11 is 0. The van der Waals surface area contributed by atoms with Crippen molar-refractivity contribution >= 4 is 16.1 Å². The molecule has 0 atom stereocenters. The minimum absolute atomic E-state index is 0.0656. The number of benzene rings is 1. The monoisotopic (exact) mass is 370 g/mol. The number of sulfonamides is 1. The van der Waals surface area contributed by atoms with Crippen LogP contribution in [0.3, 0.4) is 0 Å². The predicted molar refractivity (Wildman–Crippen MR) is 93.7 cm³/mol. The smallest absolute Gasteiger partial charge is 0.429 e. The number of piperidine rings is 1. The molecular weight excluding hydrogens is 344 g/mol. The summed E-state index contributed by atoms with van der Waals surface area (Å²) < 4.78 is 31.6. The number of unbranched alkanes of at least 4 members (excludes halogenated alkanes) is 1. The first-order valence-corrected chi connectivity index (χ1v) is 10.1. The van der Waals surface area contributed by atoms with Crippen LogP contribution in [0.25, 0.3) is 0 Å². The number of ether oxygens (including phenoxy) is 1. The number of nitrogens with zero attached hydrogens (tertiary/aromatic N) is 2. The Kier molecular flexibility index (Phi) is 7.07. The van der Waals surface area contributed by atoms with Gasteiger partial charge in [0.2, 0.25) is 0 Å². The van der Waals surface area contributed by atoms with Crippen LogP contribution < -0.4 is 4.74 Å². The molecule has 0 aromatic heterocycles. The van der Waals surface area contributed by atoms with Gasteiger partial charge in [-0.2, -0.15) is 0 Å². The summed E-state index contributed by atoms with van der Waals surface area (Å²) in [6, 6.07) is 6.03. The van der Waals surface area contributed by atoms with E-state index in [-0.39, 0.29) is 11.4 Å². The highest BCUT2D eigenvalue weighted by molar-refractivity contribution is 7.89. The van der Waals surface area contributed by atoms with Gasteiger partial charge in [0.05, 0.1) is 18.6 Å². The summed E-state index contributed by atoms with van der Waals surface area (Å²) in [6.07, 6.45) is 3.68. The van der Waals surface area contributed by atoms with Gasteiger partial charge in [0.15, 0.2) is 0 Å². The van der Waals surface area contributed by atoms with E-state index >= 15 is 0 Å². The van der Waals surface area contributed by atoms with Gasteiger partial charge >= 0.3 is 6.09 Å². The highest BCUT2D eigenvalue weighted by Gasteiger charge is 2.30. The molecule has 25 heavy (non-hydrogen) atoms. The van der Waals surface area contributed by atoms with E-state index in [9.17, 15) is 13.2 Å². The third-order valence-electron chi connectivity index (χ3n) is 4.11. The SMILES string of the molecule is CCCCN(OC(=O)N1CCCCC1)S(=O)(=O)c1ccc(OC)cc1. The van der Waals surface area contributed by atoms with Crippen molar-refractivity contribution in [3.05, 3.63) is 24.3 Å². The Labute approximate surface area is 149 Å². The maximum absolute atomic E-state index is 12.8. The summed E-state index contributed by atoms with van der Waals surface area (Å²) in [5, 5.41) is 0. The molecule has 1 heterocycles. The van der Waals surface area contributed by atoms with Crippen molar-refractivity contribution in [3.63, 3.8) is 0 Å². The standard InChI is InChI=1S/C17H26N2O5S/c1-3-4-14-19(24-17(20)18-12-6-5-7-13-18)25(21,22)16-10-8-15(23-2)9-11-16/h8-11H,3-7,12-14H2,1-2H3. The van der Waals surface area contributed by atoms with Crippen LogP contribution in [0.5, 0.6) is 5.75 Å². The topological polar surface area (TPSA) is 76.2 Å². The van der Waals surface area contributed by atoms with Crippen LogP contribution in [0.4, 0.5) is 4.79 Å². The number of likely N-dealkylation sites (tertiary alicyclic amines) is 1. The van der Waals surface area contributed by atoms with E-state index in [0.29, 0.717) is 25.3 Å². The molecule has 0 radical (unpaired) electrons. The molecular formula is C17H26N2O5S. The first-order valence-electron chi connectivity index (χ1n) is 8.62. The van der Waals surface area contributed by atoms with E-state index < -0.39 is 16.1 Å². The van der Waals surface area contributed by atoms with Crippen LogP contribution in [0.2, 0.25) is 0 Å². The van der Waals surface area contributed by atoms with Crippen LogP contribution in [-0.4, -0.2) is 50.6 Å². The first kappa shape index (κ1) is 19.5. The maximum atomic E-state index is 12.8. The fourth-order valence-corrected chi connectivity index (χ4v) is 3.84. The molecule has 2 rings (SSSR count). The summed E-state index contributed by atoms with van der Waals surface area (Å²) in [5.41, 5.74) is 0. The van der Waals surface area contributed by atoms with Gasteiger partial charge in [-0.25, -0.2) is 13.2 Å². The molecule has 8 heteroatoms. The molecule has 140 valence electrons. The fraction of sp³-hybridized carbons (Fsp3) is 0.588. The van der Waals surface area contributed by atoms with Gasteiger partial charge in [0.25, 0.3) is 10.0 Å². The van der Waals surface area contributed by atoms with Gasteiger partial charge in [0.1, 0.15) is 5.75 Å². The lowest BCUT2D eigenvalue weighted by Crippen LogP contribution is -2.42. The van der Waals surface area contributed by atoms with Crippen molar-refractivity contribution in [1.29, 1.82) is 0 Å². The quantitative estimate of drug-likeness (QED) is 0.690. The minimum Gasteiger partial charge on any atom is -0.497 e. The lowest BCUT2D eigenvalue weighted by Gasteiger charge is -2.28. The average molecular weight is 370 g/mol. The Morgan fingerprint density at radius 3 is 2.36 bits per heavy atom. The Balaban J connectivity index is 2.17. The molecule has 0 N–H and O–H groups in total. The van der Waals surface area contributed by atoms with Crippen molar-refractivity contribution in [1.82, 2.24) is 9.37 Å². The van der Waals surface area contributed by atoms with Gasteiger partial charge in [-0.1, -0.05) is 13.3 Å². The van der Waals surface area contributed by atoms with Crippen molar-refractivity contribution < 1.29 is 22.8 Å². The van der Waals surface area contributed by atoms with Crippen LogP contribution >= 0.6 is 0 Å². The van der Waals surface area contributed by atoms with E-state index in [1.807, 2.05) is 6.92 Å². The zero-order valence-electron chi connectivity index (χ0n) is 14.8. The Hall–Kier alpha value is -1.80. The lowest BCUT2D eigenvalue weighted by atomic mass is 10.1. The van der Waals surface area contributed by atoms with E-state index in [0.717, 1.165) is 30.2 Å². The van der Waals surface area contributed by atoms with E-state index in [1.54, 1.807) is 17.0 Å². The van der Waals surface area contributed by atoms with Gasteiger partial charge in [0, 0.05) is 13.1 Å². The van der Waals surface area contributed by atoms with E-state index in [2.05, 4.69) is 0 Å². The number of carbonyl (C=O) groups is 1. The first-order chi connectivity index (χ1) is 12.0. The second-order valence-corrected chi connectivity index (χ2v) is 7.79. The summed E-state index contributed by atoms with van der Waals surface area (Å²) in [6.45, 7) is 3.28. The van der Waals surface area contributed by atoms with Crippen molar-refractivity contribution in [3.8, 4) is 5.75 Å². The average Bonchev–Trinajstić information content (AvgIpc) is 2.65. The zero-order chi connectivity index (χ0) is 18.3. The number of hydrogen-bond acceptors (Lipinski definition) is 5. The Morgan fingerprint density at radius 1 is 1.16 bits per heavy atom. The summed E-state index contributed by atoms with van der Waals surface area (Å²) in [7, 11) is -2.41. The Bertz CT molecular complexity index is 654. The second-order valence-electron chi connectivity index (χ2n) is 5.97. The Morgan fingerprint density at radius 2 is 1.80 bits per heavy atom. The minimum atomic E-state index is -3.92. The molecule has 1 aromatic rings. The second kappa shape index (κ2) is 9.05. The third kappa shape index (κ3) is 5.09. The van der Waals surface area contributed by atoms with E-state index in [4.69, 9.17) is 9.57 Å². The van der Waals surface area contributed by atoms with Crippen molar-refractivity contribution in [2.75, 3.05) is 26.7 Å². The van der Waals surface area contributed by atoms with Gasteiger partial charge in [-0.3, -0.25) is 0 Å². The highest BCUT2D eigenvalue weighted by atomic mass is 32.2. The van der Waals surface area contributed by atoms with Crippen LogP contribution in [0.15, 0.2) is 29.2 Å². The molecule has 1 aromatic carbocycles. The van der Waals surface area contributed by atoms with Crippen LogP contribution in [0.1, 0.15) is 39.0 Å². The number of methoxy groups -OCH3 is 1. The zero-order valence-corrected chi connectivity index (χ0v) is 15.6. The fourth-order valence-electron chi connectivity index (χ4n) is 2.59. The summed E-state index contributed by atoms with van der Waals surface area (Å²) in [4.78, 5) is 19.2. The van der Waals surface area contributed by atoms with Crippen molar-refractivity contribution in [2.24, 2.45) is 0 Å². The number of rotatable bonds is 7. The molecule has 1 aliphatic heterocycles. The van der Waals surface area contributed by atoms with Gasteiger partial charge in [-0.15, -0.1) is 0 Å². The predicted octanol–water partition coefficient (Wildman–Crippen LogP) is 3.02. The molecule has 0 bridgehead atoms. The molecule has 0 spiro atoms. The maximum Gasteiger partial charge on any atom is 0.429 e. The molecule has 1 aliphatic rings. The number of carbonyl (C=O) groups excluding carboxylic acids is 1. The molecule has 0 aliphatic carbocycles. The molecule has 1 fully saturated rings.